The Morgan fingerprint density at radius 3 is 2.42 bits per heavy atom. The lowest BCUT2D eigenvalue weighted by Gasteiger charge is -2.18. The Kier molecular flexibility index (Phi) is 3.63. The van der Waals surface area contributed by atoms with E-state index in [-0.39, 0.29) is 0 Å². The summed E-state index contributed by atoms with van der Waals surface area (Å²) in [6, 6.07) is 10.2. The second kappa shape index (κ2) is 5.82. The van der Waals surface area contributed by atoms with E-state index in [1.807, 2.05) is 16.6 Å². The number of methoxy groups -OCH3 is 1. The van der Waals surface area contributed by atoms with E-state index in [0.29, 0.717) is 0 Å². The number of ether oxygens (including phenoxy) is 1. The van der Waals surface area contributed by atoms with Crippen molar-refractivity contribution in [2.45, 2.75) is 26.7 Å². The van der Waals surface area contributed by atoms with Crippen LogP contribution in [0.15, 0.2) is 30.3 Å². The minimum Gasteiger partial charge on any atom is -0.497 e. The standard InChI is InChI=1S/C19H22N4O/c1-13-12-17(22-10-4-5-11-22)23-19(20-13)14(2)18(21-23)15-6-8-16(24-3)9-7-15/h6-9,12H,4-5,10-11H2,1-3H3. The summed E-state index contributed by atoms with van der Waals surface area (Å²) in [7, 11) is 1.68. The zero-order valence-electron chi connectivity index (χ0n) is 14.4. The molecule has 5 heteroatoms. The highest BCUT2D eigenvalue weighted by Gasteiger charge is 2.20. The first kappa shape index (κ1) is 15.0. The van der Waals surface area contributed by atoms with Gasteiger partial charge in [-0.05, 0) is 51.0 Å². The Morgan fingerprint density at radius 1 is 1.04 bits per heavy atom. The Hall–Kier alpha value is -2.56. The molecular weight excluding hydrogens is 300 g/mol. The van der Waals surface area contributed by atoms with Crippen LogP contribution in [-0.4, -0.2) is 34.8 Å². The van der Waals surface area contributed by atoms with Crippen molar-refractivity contribution in [1.82, 2.24) is 14.6 Å². The van der Waals surface area contributed by atoms with Crippen molar-refractivity contribution in [2.24, 2.45) is 0 Å². The summed E-state index contributed by atoms with van der Waals surface area (Å²) in [5.74, 6) is 2.00. The van der Waals surface area contributed by atoms with Crippen molar-refractivity contribution in [1.29, 1.82) is 0 Å². The van der Waals surface area contributed by atoms with Crippen molar-refractivity contribution in [3.05, 3.63) is 41.6 Å². The van der Waals surface area contributed by atoms with Gasteiger partial charge in [0.1, 0.15) is 11.6 Å². The van der Waals surface area contributed by atoms with Gasteiger partial charge in [-0.3, -0.25) is 0 Å². The second-order valence-electron chi connectivity index (χ2n) is 6.39. The minimum atomic E-state index is 0.854. The number of hydrogen-bond donors (Lipinski definition) is 0. The summed E-state index contributed by atoms with van der Waals surface area (Å²) in [5.41, 5.74) is 5.17. The molecule has 0 N–H and O–H groups in total. The van der Waals surface area contributed by atoms with Crippen LogP contribution in [0, 0.1) is 13.8 Å². The van der Waals surface area contributed by atoms with E-state index in [1.165, 1.54) is 12.8 Å². The zero-order chi connectivity index (χ0) is 16.7. The van der Waals surface area contributed by atoms with Crippen LogP contribution in [0.4, 0.5) is 5.82 Å². The summed E-state index contributed by atoms with van der Waals surface area (Å²) in [5, 5.41) is 4.90. The molecule has 3 aromatic rings. The SMILES string of the molecule is COc1ccc(-c2nn3c(N4CCCC4)cc(C)nc3c2C)cc1. The first-order chi connectivity index (χ1) is 11.7. The number of nitrogens with zero attached hydrogens (tertiary/aromatic N) is 4. The predicted octanol–water partition coefficient (Wildman–Crippen LogP) is 3.62. The van der Waals surface area contributed by atoms with Gasteiger partial charge in [0.05, 0.1) is 12.8 Å². The van der Waals surface area contributed by atoms with Crippen LogP contribution in [-0.2, 0) is 0 Å². The van der Waals surface area contributed by atoms with Crippen molar-refractivity contribution < 1.29 is 4.74 Å². The van der Waals surface area contributed by atoms with E-state index in [4.69, 9.17) is 14.8 Å². The van der Waals surface area contributed by atoms with Crippen LogP contribution >= 0.6 is 0 Å². The molecule has 0 spiro atoms. The maximum atomic E-state index is 5.25. The van der Waals surface area contributed by atoms with Gasteiger partial charge in [0.15, 0.2) is 5.65 Å². The normalized spacial score (nSPS) is 14.5. The molecule has 1 saturated heterocycles. The molecule has 24 heavy (non-hydrogen) atoms. The number of aryl methyl sites for hydroxylation is 2. The summed E-state index contributed by atoms with van der Waals surface area (Å²) < 4.78 is 7.26. The van der Waals surface area contributed by atoms with Crippen molar-refractivity contribution in [2.75, 3.05) is 25.1 Å². The molecule has 1 aliphatic heterocycles. The maximum absolute atomic E-state index is 5.25. The highest BCUT2D eigenvalue weighted by Crippen LogP contribution is 2.30. The molecule has 0 atom stereocenters. The number of benzene rings is 1. The van der Waals surface area contributed by atoms with E-state index in [0.717, 1.165) is 52.8 Å². The molecule has 1 fully saturated rings. The van der Waals surface area contributed by atoms with Crippen LogP contribution in [0.2, 0.25) is 0 Å². The van der Waals surface area contributed by atoms with Gasteiger partial charge in [0.25, 0.3) is 0 Å². The summed E-state index contributed by atoms with van der Waals surface area (Å²) >= 11 is 0. The van der Waals surface area contributed by atoms with E-state index in [2.05, 4.69) is 36.9 Å². The molecule has 0 radical (unpaired) electrons. The Bertz CT molecular complexity index is 877. The van der Waals surface area contributed by atoms with Gasteiger partial charge >= 0.3 is 0 Å². The first-order valence-electron chi connectivity index (χ1n) is 8.44. The average molecular weight is 322 g/mol. The van der Waals surface area contributed by atoms with Crippen LogP contribution in [0.5, 0.6) is 5.75 Å². The fraction of sp³-hybridized carbons (Fsp3) is 0.368. The van der Waals surface area contributed by atoms with Gasteiger partial charge in [0.2, 0.25) is 0 Å². The van der Waals surface area contributed by atoms with Crippen LogP contribution in [0.3, 0.4) is 0 Å². The Labute approximate surface area is 141 Å². The highest BCUT2D eigenvalue weighted by atomic mass is 16.5. The molecule has 0 bridgehead atoms. The molecule has 4 rings (SSSR count). The lowest BCUT2D eigenvalue weighted by molar-refractivity contribution is 0.415. The predicted molar refractivity (Wildman–Crippen MR) is 95.9 cm³/mol. The van der Waals surface area contributed by atoms with Gasteiger partial charge < -0.3 is 9.64 Å². The number of anilines is 1. The topological polar surface area (TPSA) is 42.7 Å². The second-order valence-corrected chi connectivity index (χ2v) is 6.39. The molecule has 2 aromatic heterocycles. The molecule has 124 valence electrons. The van der Waals surface area contributed by atoms with Gasteiger partial charge in [-0.15, -0.1) is 0 Å². The first-order valence-corrected chi connectivity index (χ1v) is 8.44. The van der Waals surface area contributed by atoms with Gasteiger partial charge in [0, 0.05) is 36.0 Å². The molecular formula is C19H22N4O. The van der Waals surface area contributed by atoms with E-state index in [9.17, 15) is 0 Å². The van der Waals surface area contributed by atoms with Crippen LogP contribution < -0.4 is 9.64 Å². The van der Waals surface area contributed by atoms with Crippen molar-refractivity contribution in [3.63, 3.8) is 0 Å². The molecule has 0 aliphatic carbocycles. The Morgan fingerprint density at radius 2 is 1.75 bits per heavy atom. The van der Waals surface area contributed by atoms with Crippen LogP contribution in [0.1, 0.15) is 24.1 Å². The number of rotatable bonds is 3. The molecule has 0 amide bonds. The summed E-state index contributed by atoms with van der Waals surface area (Å²) in [6.45, 7) is 6.34. The fourth-order valence-corrected chi connectivity index (χ4v) is 3.42. The lowest BCUT2D eigenvalue weighted by atomic mass is 10.1. The quantitative estimate of drug-likeness (QED) is 0.738. The van der Waals surface area contributed by atoms with E-state index in [1.54, 1.807) is 7.11 Å². The number of hydrogen-bond acceptors (Lipinski definition) is 4. The third-order valence-corrected chi connectivity index (χ3v) is 4.72. The van der Waals surface area contributed by atoms with Crippen molar-refractivity contribution >= 4 is 11.5 Å². The smallest absolute Gasteiger partial charge is 0.161 e. The zero-order valence-corrected chi connectivity index (χ0v) is 14.4. The average Bonchev–Trinajstić information content (AvgIpc) is 3.24. The lowest BCUT2D eigenvalue weighted by Crippen LogP contribution is -2.21. The third kappa shape index (κ3) is 2.40. The third-order valence-electron chi connectivity index (χ3n) is 4.72. The number of fused-ring (bicyclic) bond motifs is 1. The highest BCUT2D eigenvalue weighted by molar-refractivity contribution is 5.72. The van der Waals surface area contributed by atoms with Gasteiger partial charge in [-0.2, -0.15) is 9.61 Å². The molecule has 3 heterocycles. The summed E-state index contributed by atoms with van der Waals surface area (Å²) in [6.07, 6.45) is 2.49. The maximum Gasteiger partial charge on any atom is 0.161 e. The van der Waals surface area contributed by atoms with E-state index < -0.39 is 0 Å². The molecule has 1 aromatic carbocycles. The Balaban J connectivity index is 1.88. The monoisotopic (exact) mass is 322 g/mol. The molecule has 1 aliphatic rings. The fourth-order valence-electron chi connectivity index (χ4n) is 3.42. The molecule has 5 nitrogen and oxygen atoms in total. The van der Waals surface area contributed by atoms with Gasteiger partial charge in [-0.1, -0.05) is 0 Å². The van der Waals surface area contributed by atoms with E-state index >= 15 is 0 Å². The van der Waals surface area contributed by atoms with Crippen LogP contribution in [0.25, 0.3) is 16.9 Å². The summed E-state index contributed by atoms with van der Waals surface area (Å²) in [4.78, 5) is 7.14. The minimum absolute atomic E-state index is 0.854. The van der Waals surface area contributed by atoms with Crippen molar-refractivity contribution in [3.8, 4) is 17.0 Å². The molecule has 0 unspecified atom stereocenters. The van der Waals surface area contributed by atoms with Gasteiger partial charge in [-0.25, -0.2) is 4.98 Å². The molecule has 0 saturated carbocycles. The largest absolute Gasteiger partial charge is 0.497 e. The number of aromatic nitrogens is 3.